The Morgan fingerprint density at radius 1 is 1.06 bits per heavy atom. The van der Waals surface area contributed by atoms with Crippen molar-refractivity contribution in [2.45, 2.75) is 51.2 Å². The predicted octanol–water partition coefficient (Wildman–Crippen LogP) is 4.71. The van der Waals surface area contributed by atoms with Gasteiger partial charge in [-0.05, 0) is 61.2 Å². The van der Waals surface area contributed by atoms with Crippen molar-refractivity contribution in [3.05, 3.63) is 89.7 Å². The molecule has 3 aromatic carbocycles. The second-order valence-electron chi connectivity index (χ2n) is 9.23. The summed E-state index contributed by atoms with van der Waals surface area (Å²) >= 11 is 0. The van der Waals surface area contributed by atoms with Gasteiger partial charge >= 0.3 is 0 Å². The van der Waals surface area contributed by atoms with Crippen molar-refractivity contribution < 1.29 is 14.0 Å². The molecule has 0 radical (unpaired) electrons. The van der Waals surface area contributed by atoms with Gasteiger partial charge in [0, 0.05) is 11.7 Å². The summed E-state index contributed by atoms with van der Waals surface area (Å²) in [5.74, 6) is -1.17. The summed E-state index contributed by atoms with van der Waals surface area (Å²) in [7, 11) is 0. The molecule has 1 saturated carbocycles. The smallest absolute Gasteiger partial charge is 0.249 e. The summed E-state index contributed by atoms with van der Waals surface area (Å²) in [5, 5.41) is 11.4. The van der Waals surface area contributed by atoms with Gasteiger partial charge in [-0.1, -0.05) is 60.5 Å². The van der Waals surface area contributed by atoms with E-state index in [4.69, 9.17) is 0 Å². The average Bonchev–Trinajstić information content (AvgIpc) is 3.53. The highest BCUT2D eigenvalue weighted by molar-refractivity contribution is 6.01. The molecule has 4 aromatic rings. The van der Waals surface area contributed by atoms with Crippen molar-refractivity contribution >= 4 is 28.5 Å². The Balaban J connectivity index is 1.59. The molecule has 0 saturated heterocycles. The minimum Gasteiger partial charge on any atom is -0.351 e. The highest BCUT2D eigenvalue weighted by Crippen LogP contribution is 2.32. The average molecular weight is 486 g/mol. The Hall–Kier alpha value is -4.07. The van der Waals surface area contributed by atoms with Gasteiger partial charge in [0.25, 0.3) is 0 Å². The van der Waals surface area contributed by atoms with E-state index in [-0.39, 0.29) is 18.5 Å². The molecule has 36 heavy (non-hydrogen) atoms. The summed E-state index contributed by atoms with van der Waals surface area (Å²) in [4.78, 5) is 29.2. The van der Waals surface area contributed by atoms with E-state index in [9.17, 15) is 14.0 Å². The van der Waals surface area contributed by atoms with Crippen LogP contribution >= 0.6 is 0 Å². The van der Waals surface area contributed by atoms with Gasteiger partial charge in [-0.25, -0.2) is 9.07 Å². The Morgan fingerprint density at radius 2 is 1.81 bits per heavy atom. The van der Waals surface area contributed by atoms with Gasteiger partial charge in [-0.3, -0.25) is 14.5 Å². The molecule has 5 rings (SSSR count). The van der Waals surface area contributed by atoms with Crippen molar-refractivity contribution in [2.75, 3.05) is 4.90 Å². The molecule has 1 aromatic heterocycles. The van der Waals surface area contributed by atoms with Crippen molar-refractivity contribution in [2.24, 2.45) is 0 Å². The fourth-order valence-corrected chi connectivity index (χ4v) is 4.94. The third-order valence-electron chi connectivity index (χ3n) is 6.75. The van der Waals surface area contributed by atoms with Crippen LogP contribution in [0.2, 0.25) is 0 Å². The molecule has 0 spiro atoms. The summed E-state index contributed by atoms with van der Waals surface area (Å²) in [6.07, 6.45) is 3.94. The Bertz CT molecular complexity index is 1400. The topological polar surface area (TPSA) is 80.1 Å². The number of fused-ring (bicyclic) bond motifs is 1. The van der Waals surface area contributed by atoms with Crippen LogP contribution in [0.1, 0.15) is 42.9 Å². The molecule has 1 heterocycles. The third-order valence-corrected chi connectivity index (χ3v) is 6.75. The van der Waals surface area contributed by atoms with Crippen molar-refractivity contribution in [1.82, 2.24) is 20.3 Å². The highest BCUT2D eigenvalue weighted by Gasteiger charge is 2.35. The fourth-order valence-electron chi connectivity index (χ4n) is 4.94. The van der Waals surface area contributed by atoms with Gasteiger partial charge in [-0.15, -0.1) is 5.10 Å². The van der Waals surface area contributed by atoms with Gasteiger partial charge < -0.3 is 5.32 Å². The lowest BCUT2D eigenvalue weighted by Gasteiger charge is -2.33. The summed E-state index contributed by atoms with van der Waals surface area (Å²) in [6, 6.07) is 19.7. The number of rotatable bonds is 7. The standard InChI is InChI=1S/C28H28FN5O2/c1-19-9-2-5-14-23(19)27(28(36)30-21-11-3-4-12-21)34(22-13-8-10-20(29)17-22)26(35)18-33-25-16-7-6-15-24(25)31-32-33/h2,5-10,13-17,21,27H,3-4,11-12,18H2,1H3,(H,30,36). The number of nitrogens with one attached hydrogen (secondary N) is 1. The number of nitrogens with zero attached hydrogens (tertiary/aromatic N) is 4. The van der Waals surface area contributed by atoms with Crippen LogP contribution in [0.4, 0.5) is 10.1 Å². The van der Waals surface area contributed by atoms with E-state index in [2.05, 4.69) is 15.6 Å². The number of para-hydroxylation sites is 1. The normalized spacial score (nSPS) is 14.6. The maximum Gasteiger partial charge on any atom is 0.249 e. The lowest BCUT2D eigenvalue weighted by molar-refractivity contribution is -0.127. The quantitative estimate of drug-likeness (QED) is 0.411. The molecule has 2 amide bonds. The van der Waals surface area contributed by atoms with E-state index < -0.39 is 17.8 Å². The third kappa shape index (κ3) is 4.84. The number of carbonyl (C=O) groups excluding carboxylic acids is 2. The van der Waals surface area contributed by atoms with Crippen LogP contribution in [0, 0.1) is 12.7 Å². The largest absolute Gasteiger partial charge is 0.351 e. The van der Waals surface area contributed by atoms with E-state index in [1.54, 1.807) is 12.1 Å². The van der Waals surface area contributed by atoms with E-state index in [1.807, 2.05) is 55.5 Å². The Labute approximate surface area is 208 Å². The van der Waals surface area contributed by atoms with Gasteiger partial charge in [0.1, 0.15) is 23.9 Å². The SMILES string of the molecule is Cc1ccccc1C(C(=O)NC1CCCC1)N(C(=O)Cn1nnc2ccccc21)c1cccc(F)c1. The first-order valence-corrected chi connectivity index (χ1v) is 12.2. The first-order valence-electron chi connectivity index (χ1n) is 12.2. The maximum absolute atomic E-state index is 14.4. The predicted molar refractivity (Wildman–Crippen MR) is 136 cm³/mol. The first kappa shape index (κ1) is 23.7. The molecule has 0 aliphatic heterocycles. The minimum atomic E-state index is -0.976. The number of aromatic nitrogens is 3. The van der Waals surface area contributed by atoms with Crippen LogP contribution in [0.25, 0.3) is 11.0 Å². The minimum absolute atomic E-state index is 0.0627. The van der Waals surface area contributed by atoms with Gasteiger partial charge in [0.05, 0.1) is 5.52 Å². The summed E-state index contributed by atoms with van der Waals surface area (Å²) in [6.45, 7) is 1.75. The van der Waals surface area contributed by atoms with E-state index in [0.717, 1.165) is 31.2 Å². The number of amides is 2. The van der Waals surface area contributed by atoms with Crippen LogP contribution in [0.3, 0.4) is 0 Å². The molecule has 1 atom stereocenters. The number of anilines is 1. The van der Waals surface area contributed by atoms with Gasteiger partial charge in [0.15, 0.2) is 0 Å². The molecule has 7 nitrogen and oxygen atoms in total. The lowest BCUT2D eigenvalue weighted by atomic mass is 9.97. The number of benzene rings is 3. The molecule has 1 N–H and O–H groups in total. The summed E-state index contributed by atoms with van der Waals surface area (Å²) < 4.78 is 15.9. The monoisotopic (exact) mass is 485 g/mol. The Kier molecular flexibility index (Phi) is 6.75. The second kappa shape index (κ2) is 10.3. The molecule has 1 fully saturated rings. The molecule has 1 aliphatic rings. The van der Waals surface area contributed by atoms with Crippen molar-refractivity contribution in [3.63, 3.8) is 0 Å². The molecular formula is C28H28FN5O2. The number of hydrogen-bond donors (Lipinski definition) is 1. The number of hydrogen-bond acceptors (Lipinski definition) is 4. The highest BCUT2D eigenvalue weighted by atomic mass is 19.1. The van der Waals surface area contributed by atoms with Crippen molar-refractivity contribution in [3.8, 4) is 0 Å². The zero-order valence-corrected chi connectivity index (χ0v) is 20.1. The van der Waals surface area contributed by atoms with Crippen LogP contribution in [0.15, 0.2) is 72.8 Å². The molecule has 0 bridgehead atoms. The number of aryl methyl sites for hydroxylation is 1. The number of halogens is 1. The van der Waals surface area contributed by atoms with Crippen LogP contribution in [0.5, 0.6) is 0 Å². The number of carbonyl (C=O) groups is 2. The second-order valence-corrected chi connectivity index (χ2v) is 9.23. The molecule has 8 heteroatoms. The first-order chi connectivity index (χ1) is 17.5. The van der Waals surface area contributed by atoms with Crippen LogP contribution < -0.4 is 10.2 Å². The zero-order chi connectivity index (χ0) is 25.1. The van der Waals surface area contributed by atoms with E-state index in [0.29, 0.717) is 22.3 Å². The molecule has 1 aliphatic carbocycles. The lowest BCUT2D eigenvalue weighted by Crippen LogP contribution is -2.47. The zero-order valence-electron chi connectivity index (χ0n) is 20.1. The Morgan fingerprint density at radius 3 is 2.58 bits per heavy atom. The molecular weight excluding hydrogens is 457 g/mol. The van der Waals surface area contributed by atoms with Gasteiger partial charge in [0.2, 0.25) is 11.8 Å². The van der Waals surface area contributed by atoms with Crippen LogP contribution in [-0.2, 0) is 16.1 Å². The summed E-state index contributed by atoms with van der Waals surface area (Å²) in [5.41, 5.74) is 3.22. The van der Waals surface area contributed by atoms with Crippen molar-refractivity contribution in [1.29, 1.82) is 0 Å². The van der Waals surface area contributed by atoms with Crippen LogP contribution in [-0.4, -0.2) is 32.9 Å². The van der Waals surface area contributed by atoms with E-state index in [1.165, 1.54) is 21.7 Å². The van der Waals surface area contributed by atoms with E-state index >= 15 is 0 Å². The molecule has 1 unspecified atom stereocenters. The fraction of sp³-hybridized carbons (Fsp3) is 0.286. The maximum atomic E-state index is 14.4. The van der Waals surface area contributed by atoms with Gasteiger partial charge in [-0.2, -0.15) is 0 Å². The molecule has 184 valence electrons.